The van der Waals surface area contributed by atoms with Crippen LogP contribution in [0.1, 0.15) is 25.7 Å². The van der Waals surface area contributed by atoms with Gasteiger partial charge in [0.25, 0.3) is 0 Å². The normalized spacial score (nSPS) is 28.4. The molecule has 2 atom stereocenters. The fraction of sp³-hybridized carbons (Fsp3) is 0.562. The Labute approximate surface area is 127 Å². The minimum Gasteiger partial charge on any atom is -0.315 e. The molecule has 1 saturated heterocycles. The summed E-state index contributed by atoms with van der Waals surface area (Å²) in [4.78, 5) is 14.8. The van der Waals surface area contributed by atoms with Gasteiger partial charge >= 0.3 is 0 Å². The van der Waals surface area contributed by atoms with Crippen LogP contribution in [0.2, 0.25) is 0 Å². The first kappa shape index (κ1) is 15.3. The van der Waals surface area contributed by atoms with Gasteiger partial charge in [-0.25, -0.2) is 0 Å². The molecule has 0 unspecified atom stereocenters. The second-order valence-corrected chi connectivity index (χ2v) is 5.93. The van der Waals surface area contributed by atoms with Gasteiger partial charge in [0.05, 0.1) is 5.41 Å². The van der Waals surface area contributed by atoms with Crippen molar-refractivity contribution in [1.29, 1.82) is 0 Å². The largest absolute Gasteiger partial charge is 0.315 e. The van der Waals surface area contributed by atoms with Crippen LogP contribution in [0.3, 0.4) is 0 Å². The lowest BCUT2D eigenvalue weighted by atomic mass is 9.67. The Balaban J connectivity index is 0.00000147. The number of rotatable bonds is 2. The fourth-order valence-corrected chi connectivity index (χ4v) is 3.77. The summed E-state index contributed by atoms with van der Waals surface area (Å²) < 4.78 is 0. The summed E-state index contributed by atoms with van der Waals surface area (Å²) in [6, 6.07) is 9.98. The third-order valence-corrected chi connectivity index (χ3v) is 4.91. The van der Waals surface area contributed by atoms with Crippen molar-refractivity contribution in [3.63, 3.8) is 0 Å². The molecular formula is C16H23ClN2O. The van der Waals surface area contributed by atoms with Gasteiger partial charge in [-0.15, -0.1) is 12.4 Å². The van der Waals surface area contributed by atoms with Crippen molar-refractivity contribution in [2.24, 2.45) is 11.3 Å². The van der Waals surface area contributed by atoms with Gasteiger partial charge in [0.1, 0.15) is 0 Å². The maximum Gasteiger partial charge on any atom is 0.234 e. The maximum absolute atomic E-state index is 13.0. The quantitative estimate of drug-likeness (QED) is 0.910. The van der Waals surface area contributed by atoms with E-state index in [1.54, 1.807) is 0 Å². The van der Waals surface area contributed by atoms with E-state index in [0.29, 0.717) is 11.8 Å². The molecule has 1 N–H and O–H groups in total. The molecule has 0 spiro atoms. The van der Waals surface area contributed by atoms with Crippen LogP contribution in [-0.4, -0.2) is 26.0 Å². The Morgan fingerprint density at radius 2 is 2.05 bits per heavy atom. The van der Waals surface area contributed by atoms with E-state index in [-0.39, 0.29) is 17.8 Å². The highest BCUT2D eigenvalue weighted by Gasteiger charge is 2.51. The summed E-state index contributed by atoms with van der Waals surface area (Å²) in [7, 11) is 1.91. The minimum absolute atomic E-state index is 0. The molecule has 110 valence electrons. The predicted octanol–water partition coefficient (Wildman–Crippen LogP) is 2.85. The van der Waals surface area contributed by atoms with Crippen molar-refractivity contribution < 1.29 is 4.79 Å². The molecule has 2 fully saturated rings. The average molecular weight is 295 g/mol. The lowest BCUT2D eigenvalue weighted by Gasteiger charge is -2.39. The number of hydrogen-bond donors (Lipinski definition) is 1. The van der Waals surface area contributed by atoms with Crippen molar-refractivity contribution in [2.75, 3.05) is 25.0 Å². The Morgan fingerprint density at radius 3 is 2.80 bits per heavy atom. The predicted molar refractivity (Wildman–Crippen MR) is 84.4 cm³/mol. The molecule has 0 aromatic heterocycles. The molecule has 1 aromatic carbocycles. The molecule has 0 bridgehead atoms. The van der Waals surface area contributed by atoms with Crippen molar-refractivity contribution in [1.82, 2.24) is 5.32 Å². The molecule has 1 aliphatic heterocycles. The van der Waals surface area contributed by atoms with Crippen molar-refractivity contribution in [2.45, 2.75) is 25.7 Å². The number of nitrogens with one attached hydrogen (secondary N) is 1. The molecule has 1 aliphatic carbocycles. The molecule has 1 heterocycles. The molecule has 4 heteroatoms. The highest BCUT2D eigenvalue weighted by molar-refractivity contribution is 5.97. The number of amides is 1. The minimum atomic E-state index is -0.150. The first-order chi connectivity index (χ1) is 9.24. The van der Waals surface area contributed by atoms with E-state index in [9.17, 15) is 4.79 Å². The first-order valence-electron chi connectivity index (χ1n) is 7.28. The van der Waals surface area contributed by atoms with Crippen LogP contribution in [0, 0.1) is 11.3 Å². The Bertz CT molecular complexity index is 465. The summed E-state index contributed by atoms with van der Waals surface area (Å²) in [5.41, 5.74) is 0.848. The highest BCUT2D eigenvalue weighted by Crippen LogP contribution is 2.45. The second-order valence-electron chi connectivity index (χ2n) is 5.93. The monoisotopic (exact) mass is 294 g/mol. The fourth-order valence-electron chi connectivity index (χ4n) is 3.77. The van der Waals surface area contributed by atoms with Gasteiger partial charge in [-0.2, -0.15) is 0 Å². The van der Waals surface area contributed by atoms with E-state index < -0.39 is 0 Å². The summed E-state index contributed by atoms with van der Waals surface area (Å²) in [5, 5.41) is 3.44. The number of anilines is 1. The van der Waals surface area contributed by atoms with Gasteiger partial charge in [-0.05, 0) is 37.4 Å². The summed E-state index contributed by atoms with van der Waals surface area (Å²) in [5.74, 6) is 0.827. The second kappa shape index (κ2) is 6.15. The number of hydrogen-bond acceptors (Lipinski definition) is 2. The third kappa shape index (κ3) is 2.45. The summed E-state index contributed by atoms with van der Waals surface area (Å²) in [6.45, 7) is 1.86. The van der Waals surface area contributed by atoms with Crippen LogP contribution in [0.15, 0.2) is 30.3 Å². The molecule has 3 rings (SSSR count). The Morgan fingerprint density at radius 1 is 1.30 bits per heavy atom. The lowest BCUT2D eigenvalue weighted by Crippen LogP contribution is -2.48. The number of benzene rings is 1. The zero-order valence-electron chi connectivity index (χ0n) is 12.0. The van der Waals surface area contributed by atoms with Crippen molar-refractivity contribution in [3.05, 3.63) is 30.3 Å². The molecule has 3 nitrogen and oxygen atoms in total. The van der Waals surface area contributed by atoms with E-state index in [1.807, 2.05) is 42.3 Å². The van der Waals surface area contributed by atoms with Crippen molar-refractivity contribution >= 4 is 24.0 Å². The van der Waals surface area contributed by atoms with Gasteiger partial charge < -0.3 is 10.2 Å². The van der Waals surface area contributed by atoms with Crippen LogP contribution < -0.4 is 10.2 Å². The number of halogens is 1. The number of carbonyl (C=O) groups excluding carboxylic acids is 1. The molecule has 0 radical (unpaired) electrons. The first-order valence-corrected chi connectivity index (χ1v) is 7.28. The molecule has 2 aliphatic rings. The SMILES string of the molecule is CN(C(=O)[C@@]12CCCC[C@H]1CNC2)c1ccccc1.Cl. The number of para-hydroxylation sites is 1. The standard InChI is InChI=1S/C16H22N2O.ClH/c1-18(14-8-3-2-4-9-14)15(19)16-10-6-5-7-13(16)11-17-12-16;/h2-4,8-9,13,17H,5-7,10-12H2,1H3;1H/t13-,16+;/m0./s1. The third-order valence-electron chi connectivity index (χ3n) is 4.91. The molecule has 1 saturated carbocycles. The zero-order valence-corrected chi connectivity index (χ0v) is 12.8. The topological polar surface area (TPSA) is 32.3 Å². The number of nitrogens with zero attached hydrogens (tertiary/aromatic N) is 1. The van der Waals surface area contributed by atoms with E-state index in [4.69, 9.17) is 0 Å². The van der Waals surface area contributed by atoms with Crippen LogP contribution in [0.25, 0.3) is 0 Å². The Hall–Kier alpha value is -1.06. The summed E-state index contributed by atoms with van der Waals surface area (Å²) >= 11 is 0. The van der Waals surface area contributed by atoms with E-state index >= 15 is 0 Å². The average Bonchev–Trinajstić information content (AvgIpc) is 2.91. The van der Waals surface area contributed by atoms with Crippen LogP contribution in [0.5, 0.6) is 0 Å². The van der Waals surface area contributed by atoms with E-state index in [1.165, 1.54) is 19.3 Å². The zero-order chi connectivity index (χ0) is 13.3. The number of carbonyl (C=O) groups is 1. The van der Waals surface area contributed by atoms with Crippen molar-refractivity contribution in [3.8, 4) is 0 Å². The smallest absolute Gasteiger partial charge is 0.234 e. The highest BCUT2D eigenvalue weighted by atomic mass is 35.5. The molecule has 20 heavy (non-hydrogen) atoms. The van der Waals surface area contributed by atoms with Gasteiger partial charge in [0.2, 0.25) is 5.91 Å². The molecule has 1 aromatic rings. The van der Waals surface area contributed by atoms with Crippen LogP contribution in [-0.2, 0) is 4.79 Å². The van der Waals surface area contributed by atoms with E-state index in [2.05, 4.69) is 5.32 Å². The van der Waals surface area contributed by atoms with E-state index in [0.717, 1.165) is 25.2 Å². The van der Waals surface area contributed by atoms with Gasteiger partial charge in [-0.1, -0.05) is 31.0 Å². The Kier molecular flexibility index (Phi) is 4.71. The van der Waals surface area contributed by atoms with Gasteiger partial charge in [-0.3, -0.25) is 4.79 Å². The molecule has 1 amide bonds. The van der Waals surface area contributed by atoms with Crippen LogP contribution >= 0.6 is 12.4 Å². The molecular weight excluding hydrogens is 272 g/mol. The van der Waals surface area contributed by atoms with Crippen LogP contribution in [0.4, 0.5) is 5.69 Å². The maximum atomic E-state index is 13.0. The van der Waals surface area contributed by atoms with Gasteiger partial charge in [0, 0.05) is 19.3 Å². The van der Waals surface area contributed by atoms with Gasteiger partial charge in [0.15, 0.2) is 0 Å². The number of fused-ring (bicyclic) bond motifs is 1. The lowest BCUT2D eigenvalue weighted by molar-refractivity contribution is -0.130. The summed E-state index contributed by atoms with van der Waals surface area (Å²) in [6.07, 6.45) is 4.70.